The molecular formula is C15H24O6. The van der Waals surface area contributed by atoms with Crippen molar-refractivity contribution >= 4 is 17.9 Å². The van der Waals surface area contributed by atoms with E-state index in [-0.39, 0.29) is 31.1 Å². The highest BCUT2D eigenvalue weighted by atomic mass is 16.6. The lowest BCUT2D eigenvalue weighted by Crippen LogP contribution is -2.41. The van der Waals surface area contributed by atoms with Crippen LogP contribution in [0.25, 0.3) is 0 Å². The van der Waals surface area contributed by atoms with Gasteiger partial charge in [-0.05, 0) is 32.1 Å². The third kappa shape index (κ3) is 4.19. The zero-order valence-corrected chi connectivity index (χ0v) is 13.0. The molecule has 6 nitrogen and oxygen atoms in total. The van der Waals surface area contributed by atoms with Crippen LogP contribution >= 0.6 is 0 Å². The minimum atomic E-state index is -0.949. The van der Waals surface area contributed by atoms with Gasteiger partial charge in [0.15, 0.2) is 0 Å². The van der Waals surface area contributed by atoms with E-state index in [1.54, 1.807) is 13.8 Å². The maximum absolute atomic E-state index is 12.1. The maximum atomic E-state index is 12.1. The van der Waals surface area contributed by atoms with Crippen LogP contribution < -0.4 is 0 Å². The smallest absolute Gasteiger partial charge is 0.309 e. The summed E-state index contributed by atoms with van der Waals surface area (Å²) < 4.78 is 5.42. The van der Waals surface area contributed by atoms with Crippen molar-refractivity contribution in [1.29, 1.82) is 0 Å². The summed E-state index contributed by atoms with van der Waals surface area (Å²) >= 11 is 0. The summed E-state index contributed by atoms with van der Waals surface area (Å²) in [4.78, 5) is 33.6. The number of carbonyl (C=O) groups excluding carboxylic acids is 1. The first-order chi connectivity index (χ1) is 9.47. The molecule has 0 aliphatic carbocycles. The average Bonchev–Trinajstić information content (AvgIpc) is 2.53. The molecule has 0 aromatic rings. The number of rotatable bonds is 7. The molecule has 1 fully saturated rings. The van der Waals surface area contributed by atoms with Gasteiger partial charge in [-0.1, -0.05) is 13.8 Å². The van der Waals surface area contributed by atoms with Gasteiger partial charge < -0.3 is 14.9 Å². The summed E-state index contributed by atoms with van der Waals surface area (Å²) in [5.74, 6) is -2.92. The largest absolute Gasteiger partial charge is 0.481 e. The Morgan fingerprint density at radius 2 is 1.71 bits per heavy atom. The summed E-state index contributed by atoms with van der Waals surface area (Å²) in [6.45, 7) is 7.44. The highest BCUT2D eigenvalue weighted by Crippen LogP contribution is 2.51. The Kier molecular flexibility index (Phi) is 5.02. The number of carbonyl (C=O) groups is 3. The molecule has 1 heterocycles. The van der Waals surface area contributed by atoms with E-state index in [2.05, 4.69) is 0 Å². The molecule has 0 radical (unpaired) electrons. The zero-order valence-electron chi connectivity index (χ0n) is 13.0. The summed E-state index contributed by atoms with van der Waals surface area (Å²) in [6.07, 6.45) is 0.552. The summed E-state index contributed by atoms with van der Waals surface area (Å²) in [6, 6.07) is 0. The van der Waals surface area contributed by atoms with E-state index in [4.69, 9.17) is 14.9 Å². The lowest BCUT2D eigenvalue weighted by molar-refractivity contribution is -0.149. The average molecular weight is 300 g/mol. The van der Waals surface area contributed by atoms with Crippen LogP contribution in [0, 0.1) is 17.3 Å². The molecule has 6 heteroatoms. The van der Waals surface area contributed by atoms with Crippen molar-refractivity contribution in [2.24, 2.45) is 17.3 Å². The van der Waals surface area contributed by atoms with Gasteiger partial charge in [0.1, 0.15) is 5.60 Å². The van der Waals surface area contributed by atoms with E-state index in [9.17, 15) is 14.4 Å². The van der Waals surface area contributed by atoms with Crippen molar-refractivity contribution < 1.29 is 29.3 Å². The summed E-state index contributed by atoms with van der Waals surface area (Å²) in [7, 11) is 0. The van der Waals surface area contributed by atoms with Crippen molar-refractivity contribution in [2.75, 3.05) is 0 Å². The Hall–Kier alpha value is -1.59. The van der Waals surface area contributed by atoms with E-state index in [0.717, 1.165) is 0 Å². The topological polar surface area (TPSA) is 101 Å². The van der Waals surface area contributed by atoms with Crippen LogP contribution in [-0.4, -0.2) is 33.7 Å². The molecule has 0 aromatic heterocycles. The maximum Gasteiger partial charge on any atom is 0.309 e. The highest BCUT2D eigenvalue weighted by molar-refractivity contribution is 5.77. The second kappa shape index (κ2) is 6.03. The lowest BCUT2D eigenvalue weighted by Gasteiger charge is -2.40. The Labute approximate surface area is 124 Å². The van der Waals surface area contributed by atoms with Crippen LogP contribution in [0.2, 0.25) is 0 Å². The van der Waals surface area contributed by atoms with Crippen LogP contribution in [-0.2, 0) is 19.1 Å². The van der Waals surface area contributed by atoms with Crippen molar-refractivity contribution in [3.63, 3.8) is 0 Å². The molecule has 1 rings (SSSR count). The molecule has 1 aliphatic heterocycles. The Morgan fingerprint density at radius 1 is 1.19 bits per heavy atom. The Morgan fingerprint density at radius 3 is 2.19 bits per heavy atom. The van der Waals surface area contributed by atoms with Gasteiger partial charge in [0, 0.05) is 18.8 Å². The lowest BCUT2D eigenvalue weighted by atomic mass is 9.63. The molecule has 2 N–H and O–H groups in total. The molecule has 1 aliphatic rings. The molecule has 21 heavy (non-hydrogen) atoms. The van der Waals surface area contributed by atoms with E-state index in [1.807, 2.05) is 13.8 Å². The third-order valence-corrected chi connectivity index (χ3v) is 4.31. The van der Waals surface area contributed by atoms with Gasteiger partial charge in [0.25, 0.3) is 0 Å². The van der Waals surface area contributed by atoms with Crippen LogP contribution in [0.3, 0.4) is 0 Å². The van der Waals surface area contributed by atoms with Crippen molar-refractivity contribution in [3.8, 4) is 0 Å². The number of ether oxygens (including phenoxy) is 1. The van der Waals surface area contributed by atoms with Crippen molar-refractivity contribution in [3.05, 3.63) is 0 Å². The molecule has 0 aromatic carbocycles. The second-order valence-corrected chi connectivity index (χ2v) is 6.92. The molecule has 120 valence electrons. The first-order valence-corrected chi connectivity index (χ1v) is 7.14. The molecule has 0 spiro atoms. The van der Waals surface area contributed by atoms with Gasteiger partial charge in [0.05, 0.1) is 5.92 Å². The molecular weight excluding hydrogens is 276 g/mol. The van der Waals surface area contributed by atoms with Crippen LogP contribution in [0.5, 0.6) is 0 Å². The van der Waals surface area contributed by atoms with Crippen LogP contribution in [0.4, 0.5) is 0 Å². The predicted octanol–water partition coefficient (Wildman–Crippen LogP) is 2.31. The Balaban J connectivity index is 2.97. The monoisotopic (exact) mass is 300 g/mol. The normalized spacial score (nSPS) is 24.7. The fourth-order valence-corrected chi connectivity index (χ4v) is 3.65. The molecule has 2 atom stereocenters. The number of esters is 1. The molecule has 0 bridgehead atoms. The van der Waals surface area contributed by atoms with E-state index < -0.39 is 28.9 Å². The van der Waals surface area contributed by atoms with Crippen molar-refractivity contribution in [2.45, 2.75) is 59.0 Å². The van der Waals surface area contributed by atoms with Crippen molar-refractivity contribution in [1.82, 2.24) is 0 Å². The number of hydrogen-bond acceptors (Lipinski definition) is 4. The zero-order chi connectivity index (χ0) is 16.4. The predicted molar refractivity (Wildman–Crippen MR) is 74.7 cm³/mol. The Bertz CT molecular complexity index is 437. The minimum absolute atomic E-state index is 0.0133. The second-order valence-electron chi connectivity index (χ2n) is 6.92. The highest BCUT2D eigenvalue weighted by Gasteiger charge is 2.55. The SMILES string of the molecule is CC(C)(CCC(=O)O)C1C(CCC(=O)O)C(=O)OC1(C)C. The molecule has 0 amide bonds. The number of hydrogen-bond donors (Lipinski definition) is 2. The van der Waals surface area contributed by atoms with E-state index >= 15 is 0 Å². The fraction of sp³-hybridized carbons (Fsp3) is 0.800. The molecule has 2 unspecified atom stereocenters. The molecule has 1 saturated heterocycles. The van der Waals surface area contributed by atoms with Gasteiger partial charge in [-0.2, -0.15) is 0 Å². The number of cyclic esters (lactones) is 1. The minimum Gasteiger partial charge on any atom is -0.481 e. The number of carboxylic acids is 2. The third-order valence-electron chi connectivity index (χ3n) is 4.31. The van der Waals surface area contributed by atoms with Gasteiger partial charge in [-0.15, -0.1) is 0 Å². The number of aliphatic carboxylic acids is 2. The fourth-order valence-electron chi connectivity index (χ4n) is 3.65. The molecule has 0 saturated carbocycles. The first kappa shape index (κ1) is 17.5. The van der Waals surface area contributed by atoms with Crippen LogP contribution in [0.1, 0.15) is 53.4 Å². The van der Waals surface area contributed by atoms with E-state index in [0.29, 0.717) is 6.42 Å². The standard InChI is InChI=1S/C15H24O6/c1-14(2,8-7-11(18)19)12-9(5-6-10(16)17)13(20)21-15(12,3)4/h9,12H,5-8H2,1-4H3,(H,16,17)(H,18,19). The van der Waals surface area contributed by atoms with Crippen LogP contribution in [0.15, 0.2) is 0 Å². The number of carboxylic acid groups (broad SMARTS) is 2. The van der Waals surface area contributed by atoms with E-state index in [1.165, 1.54) is 0 Å². The van der Waals surface area contributed by atoms with Gasteiger partial charge in [-0.3, -0.25) is 14.4 Å². The first-order valence-electron chi connectivity index (χ1n) is 7.14. The van der Waals surface area contributed by atoms with Gasteiger partial charge >= 0.3 is 17.9 Å². The summed E-state index contributed by atoms with van der Waals surface area (Å²) in [5.41, 5.74) is -1.15. The summed E-state index contributed by atoms with van der Waals surface area (Å²) in [5, 5.41) is 17.7. The van der Waals surface area contributed by atoms with Gasteiger partial charge in [0.2, 0.25) is 0 Å². The van der Waals surface area contributed by atoms with Gasteiger partial charge in [-0.25, -0.2) is 0 Å². The quantitative estimate of drug-likeness (QED) is 0.700.